The molecule has 1 aromatic heterocycles. The number of carbonyl (C=O) groups excluding carboxylic acids is 1. The summed E-state index contributed by atoms with van der Waals surface area (Å²) in [5.41, 5.74) is 0.617. The van der Waals surface area contributed by atoms with Gasteiger partial charge in [-0.25, -0.2) is 9.59 Å². The summed E-state index contributed by atoms with van der Waals surface area (Å²) in [6.45, 7) is 3.55. The zero-order chi connectivity index (χ0) is 18.0. The molecule has 126 valence electrons. The average Bonchev–Trinajstić information content (AvgIpc) is 2.59. The summed E-state index contributed by atoms with van der Waals surface area (Å²) in [7, 11) is 0. The standard InChI is InChI=1S/C19H12Cl2O4/c1-2-7-24-18(22)12-9-14(20)17(15(21)10-12)13-8-11-5-3-4-6-16(11)25-19(13)23/h2-6,8-10H,1,7H2. The third-order valence-corrected chi connectivity index (χ3v) is 4.12. The Morgan fingerprint density at radius 1 is 1.16 bits per heavy atom. The van der Waals surface area contributed by atoms with Crippen molar-refractivity contribution in [1.82, 2.24) is 0 Å². The van der Waals surface area contributed by atoms with Gasteiger partial charge in [0.2, 0.25) is 0 Å². The van der Waals surface area contributed by atoms with Gasteiger partial charge in [-0.3, -0.25) is 0 Å². The molecule has 2 aromatic carbocycles. The number of para-hydroxylation sites is 1. The lowest BCUT2D eigenvalue weighted by Gasteiger charge is -2.10. The van der Waals surface area contributed by atoms with Crippen molar-refractivity contribution >= 4 is 40.1 Å². The fourth-order valence-corrected chi connectivity index (χ4v) is 3.09. The van der Waals surface area contributed by atoms with Gasteiger partial charge in [-0.05, 0) is 24.3 Å². The predicted molar refractivity (Wildman–Crippen MR) is 98.4 cm³/mol. The third kappa shape index (κ3) is 3.45. The van der Waals surface area contributed by atoms with Gasteiger partial charge in [0.15, 0.2) is 0 Å². The van der Waals surface area contributed by atoms with Gasteiger partial charge in [-0.15, -0.1) is 0 Å². The fourth-order valence-electron chi connectivity index (χ4n) is 2.40. The summed E-state index contributed by atoms with van der Waals surface area (Å²) in [6.07, 6.45) is 1.45. The molecule has 0 aliphatic rings. The summed E-state index contributed by atoms with van der Waals surface area (Å²) in [5, 5.41) is 1.04. The van der Waals surface area contributed by atoms with Gasteiger partial charge in [-0.2, -0.15) is 0 Å². The Kier molecular flexibility index (Phi) is 4.93. The maximum absolute atomic E-state index is 12.3. The summed E-state index contributed by atoms with van der Waals surface area (Å²) < 4.78 is 10.3. The predicted octanol–water partition coefficient (Wildman–Crippen LogP) is 5.11. The molecular formula is C19H12Cl2O4. The minimum Gasteiger partial charge on any atom is -0.458 e. The van der Waals surface area contributed by atoms with Crippen LogP contribution >= 0.6 is 23.2 Å². The van der Waals surface area contributed by atoms with E-state index in [1.807, 2.05) is 12.1 Å². The van der Waals surface area contributed by atoms with Crippen LogP contribution in [0.5, 0.6) is 0 Å². The van der Waals surface area contributed by atoms with Crippen molar-refractivity contribution in [3.63, 3.8) is 0 Å². The molecule has 3 aromatic rings. The van der Waals surface area contributed by atoms with Gasteiger partial charge in [-0.1, -0.05) is 54.1 Å². The second kappa shape index (κ2) is 7.13. The highest BCUT2D eigenvalue weighted by molar-refractivity contribution is 6.39. The molecular weight excluding hydrogens is 363 g/mol. The van der Waals surface area contributed by atoms with E-state index in [0.29, 0.717) is 11.1 Å². The molecule has 0 bridgehead atoms. The van der Waals surface area contributed by atoms with Crippen LogP contribution in [-0.4, -0.2) is 12.6 Å². The summed E-state index contributed by atoms with van der Waals surface area (Å²) in [5.74, 6) is -0.583. The van der Waals surface area contributed by atoms with Crippen LogP contribution in [-0.2, 0) is 4.74 Å². The van der Waals surface area contributed by atoms with Gasteiger partial charge < -0.3 is 9.15 Å². The molecule has 3 rings (SSSR count). The first kappa shape index (κ1) is 17.3. The van der Waals surface area contributed by atoms with Crippen molar-refractivity contribution in [2.24, 2.45) is 0 Å². The molecule has 0 aliphatic carbocycles. The zero-order valence-electron chi connectivity index (χ0n) is 12.9. The fraction of sp³-hybridized carbons (Fsp3) is 0.0526. The SMILES string of the molecule is C=CCOC(=O)c1cc(Cl)c(-c2cc3ccccc3oc2=O)c(Cl)c1. The van der Waals surface area contributed by atoms with Gasteiger partial charge in [0.1, 0.15) is 12.2 Å². The van der Waals surface area contributed by atoms with E-state index in [0.717, 1.165) is 5.39 Å². The van der Waals surface area contributed by atoms with Crippen LogP contribution < -0.4 is 5.63 Å². The van der Waals surface area contributed by atoms with Crippen molar-refractivity contribution in [3.05, 3.63) is 81.1 Å². The van der Waals surface area contributed by atoms with E-state index < -0.39 is 11.6 Å². The summed E-state index contributed by atoms with van der Waals surface area (Å²) >= 11 is 12.6. The van der Waals surface area contributed by atoms with Crippen LogP contribution in [0.3, 0.4) is 0 Å². The summed E-state index contributed by atoms with van der Waals surface area (Å²) in [4.78, 5) is 24.2. The number of hydrogen-bond donors (Lipinski definition) is 0. The Balaban J connectivity index is 2.12. The van der Waals surface area contributed by atoms with E-state index in [4.69, 9.17) is 32.4 Å². The van der Waals surface area contributed by atoms with Crippen molar-refractivity contribution in [3.8, 4) is 11.1 Å². The molecule has 0 fully saturated rings. The van der Waals surface area contributed by atoms with Crippen LogP contribution in [0.2, 0.25) is 10.0 Å². The molecule has 0 saturated carbocycles. The highest BCUT2D eigenvalue weighted by Crippen LogP contribution is 2.35. The Morgan fingerprint density at radius 3 is 2.52 bits per heavy atom. The monoisotopic (exact) mass is 374 g/mol. The molecule has 6 heteroatoms. The zero-order valence-corrected chi connectivity index (χ0v) is 14.4. The first-order valence-electron chi connectivity index (χ1n) is 7.31. The van der Waals surface area contributed by atoms with E-state index in [1.165, 1.54) is 18.2 Å². The van der Waals surface area contributed by atoms with Gasteiger partial charge in [0.05, 0.1) is 21.2 Å². The lowest BCUT2D eigenvalue weighted by molar-refractivity contribution is 0.0550. The molecule has 0 atom stereocenters. The highest BCUT2D eigenvalue weighted by Gasteiger charge is 2.18. The largest absolute Gasteiger partial charge is 0.458 e. The molecule has 0 saturated heterocycles. The van der Waals surface area contributed by atoms with E-state index in [-0.39, 0.29) is 27.8 Å². The number of fused-ring (bicyclic) bond motifs is 1. The topological polar surface area (TPSA) is 56.5 Å². The number of esters is 1. The Hall–Kier alpha value is -2.56. The molecule has 0 aliphatic heterocycles. The Labute approximate surface area is 153 Å². The van der Waals surface area contributed by atoms with Crippen LogP contribution in [0.4, 0.5) is 0 Å². The van der Waals surface area contributed by atoms with Crippen LogP contribution in [0, 0.1) is 0 Å². The van der Waals surface area contributed by atoms with Crippen molar-refractivity contribution in [2.75, 3.05) is 6.61 Å². The maximum atomic E-state index is 12.3. The first-order valence-corrected chi connectivity index (χ1v) is 8.07. The second-order valence-electron chi connectivity index (χ2n) is 5.19. The number of halogens is 2. The van der Waals surface area contributed by atoms with E-state index in [1.54, 1.807) is 18.2 Å². The lowest BCUT2D eigenvalue weighted by Crippen LogP contribution is -2.07. The van der Waals surface area contributed by atoms with Crippen LogP contribution in [0.1, 0.15) is 10.4 Å². The minimum absolute atomic E-state index is 0.0735. The van der Waals surface area contributed by atoms with E-state index in [9.17, 15) is 9.59 Å². The van der Waals surface area contributed by atoms with Gasteiger partial charge in [0, 0.05) is 10.9 Å². The molecule has 0 unspecified atom stereocenters. The lowest BCUT2D eigenvalue weighted by atomic mass is 10.0. The van der Waals surface area contributed by atoms with Crippen molar-refractivity contribution in [2.45, 2.75) is 0 Å². The molecule has 0 radical (unpaired) electrons. The third-order valence-electron chi connectivity index (χ3n) is 3.52. The van der Waals surface area contributed by atoms with Crippen molar-refractivity contribution in [1.29, 1.82) is 0 Å². The molecule has 0 amide bonds. The number of benzene rings is 2. The van der Waals surface area contributed by atoms with E-state index in [2.05, 4.69) is 6.58 Å². The molecule has 1 heterocycles. The number of hydrogen-bond acceptors (Lipinski definition) is 4. The summed E-state index contributed by atoms with van der Waals surface area (Å²) in [6, 6.07) is 11.6. The smallest absolute Gasteiger partial charge is 0.344 e. The normalized spacial score (nSPS) is 10.6. The van der Waals surface area contributed by atoms with Gasteiger partial charge >= 0.3 is 11.6 Å². The Morgan fingerprint density at radius 2 is 1.84 bits per heavy atom. The number of carbonyl (C=O) groups is 1. The highest BCUT2D eigenvalue weighted by atomic mass is 35.5. The quantitative estimate of drug-likeness (QED) is 0.361. The second-order valence-corrected chi connectivity index (χ2v) is 6.00. The molecule has 25 heavy (non-hydrogen) atoms. The van der Waals surface area contributed by atoms with E-state index >= 15 is 0 Å². The van der Waals surface area contributed by atoms with Crippen molar-refractivity contribution < 1.29 is 13.9 Å². The minimum atomic E-state index is -0.583. The number of ether oxygens (including phenoxy) is 1. The Bertz CT molecular complexity index is 1010. The van der Waals surface area contributed by atoms with Gasteiger partial charge in [0.25, 0.3) is 0 Å². The molecule has 0 N–H and O–H groups in total. The first-order chi connectivity index (χ1) is 12.0. The molecule has 4 nitrogen and oxygen atoms in total. The average molecular weight is 375 g/mol. The van der Waals surface area contributed by atoms with Crippen LogP contribution in [0.15, 0.2) is 64.3 Å². The molecule has 0 spiro atoms. The maximum Gasteiger partial charge on any atom is 0.344 e. The van der Waals surface area contributed by atoms with Crippen LogP contribution in [0.25, 0.3) is 22.1 Å². The number of rotatable bonds is 4.